The lowest BCUT2D eigenvalue weighted by molar-refractivity contribution is -0.125. The fourth-order valence-electron chi connectivity index (χ4n) is 3.62. The minimum Gasteiger partial charge on any atom is -0.508 e. The van der Waals surface area contributed by atoms with Crippen molar-refractivity contribution in [3.05, 3.63) is 54.1 Å². The molecule has 1 atom stereocenters. The van der Waals surface area contributed by atoms with Crippen molar-refractivity contribution in [2.75, 3.05) is 46.0 Å². The van der Waals surface area contributed by atoms with Gasteiger partial charge in [0.15, 0.2) is 0 Å². The van der Waals surface area contributed by atoms with Gasteiger partial charge in [0.05, 0.1) is 26.4 Å². The van der Waals surface area contributed by atoms with E-state index >= 15 is 0 Å². The van der Waals surface area contributed by atoms with Gasteiger partial charge in [-0.1, -0.05) is 24.3 Å². The number of aromatic hydroxyl groups is 1. The minimum atomic E-state index is -0.462. The van der Waals surface area contributed by atoms with Crippen LogP contribution < -0.4 is 5.32 Å². The molecular formula is C21H24N2O4. The van der Waals surface area contributed by atoms with Gasteiger partial charge in [0.2, 0.25) is 0 Å². The number of phenols is 1. The highest BCUT2D eigenvalue weighted by atomic mass is 16.5. The van der Waals surface area contributed by atoms with Crippen LogP contribution in [0, 0.1) is 0 Å². The smallest absolute Gasteiger partial charge is 0.254 e. The lowest BCUT2D eigenvalue weighted by Gasteiger charge is -2.41. The Morgan fingerprint density at radius 1 is 1.04 bits per heavy atom. The number of morpholine rings is 1. The zero-order valence-corrected chi connectivity index (χ0v) is 15.2. The molecule has 6 heteroatoms. The average molecular weight is 368 g/mol. The summed E-state index contributed by atoms with van der Waals surface area (Å²) in [6.45, 7) is 4.29. The van der Waals surface area contributed by atoms with Gasteiger partial charge in [0, 0.05) is 25.2 Å². The maximum absolute atomic E-state index is 13.0. The first-order valence-electron chi connectivity index (χ1n) is 9.26. The van der Waals surface area contributed by atoms with E-state index in [4.69, 9.17) is 9.47 Å². The molecule has 2 heterocycles. The summed E-state index contributed by atoms with van der Waals surface area (Å²) < 4.78 is 11.6. The van der Waals surface area contributed by atoms with E-state index in [1.54, 1.807) is 12.1 Å². The van der Waals surface area contributed by atoms with Crippen molar-refractivity contribution in [2.45, 2.75) is 5.60 Å². The standard InChI is InChI=1S/C21H24N2O4/c24-19-7-5-17(6-8-19)16-1-3-18(4-2-16)20(25)23-10-12-27-21(14-23)13-22-9-11-26-15-21/h1-8,22,24H,9-15H2/t21-/m0/s1. The summed E-state index contributed by atoms with van der Waals surface area (Å²) >= 11 is 0. The Labute approximate surface area is 158 Å². The second-order valence-electron chi connectivity index (χ2n) is 7.11. The number of rotatable bonds is 2. The lowest BCUT2D eigenvalue weighted by atomic mass is 10.0. The van der Waals surface area contributed by atoms with Gasteiger partial charge in [-0.2, -0.15) is 0 Å². The van der Waals surface area contributed by atoms with Gasteiger partial charge < -0.3 is 24.8 Å². The number of nitrogens with one attached hydrogen (secondary N) is 1. The van der Waals surface area contributed by atoms with Gasteiger partial charge >= 0.3 is 0 Å². The summed E-state index contributed by atoms with van der Waals surface area (Å²) in [5.74, 6) is 0.253. The molecule has 2 saturated heterocycles. The molecule has 2 fully saturated rings. The Kier molecular flexibility index (Phi) is 5.11. The van der Waals surface area contributed by atoms with Crippen LogP contribution >= 0.6 is 0 Å². The second-order valence-corrected chi connectivity index (χ2v) is 7.11. The SMILES string of the molecule is O=C(c1ccc(-c2ccc(O)cc2)cc1)N1CCO[C@@]2(CNCCOC2)C1. The molecule has 6 nitrogen and oxygen atoms in total. The molecule has 2 N–H and O–H groups in total. The summed E-state index contributed by atoms with van der Waals surface area (Å²) in [6, 6.07) is 14.6. The molecule has 2 aliphatic heterocycles. The zero-order valence-electron chi connectivity index (χ0n) is 15.2. The van der Waals surface area contributed by atoms with Crippen molar-refractivity contribution in [3.8, 4) is 16.9 Å². The third kappa shape index (κ3) is 3.98. The average Bonchev–Trinajstić information content (AvgIpc) is 2.93. The van der Waals surface area contributed by atoms with Crippen molar-refractivity contribution in [1.29, 1.82) is 0 Å². The minimum absolute atomic E-state index is 0.0131. The first-order chi connectivity index (χ1) is 13.2. The third-order valence-corrected chi connectivity index (χ3v) is 5.10. The first-order valence-corrected chi connectivity index (χ1v) is 9.26. The number of nitrogens with zero attached hydrogens (tertiary/aromatic N) is 1. The van der Waals surface area contributed by atoms with E-state index in [2.05, 4.69) is 5.32 Å². The summed E-state index contributed by atoms with van der Waals surface area (Å²) in [5.41, 5.74) is 2.21. The van der Waals surface area contributed by atoms with Crippen molar-refractivity contribution < 1.29 is 19.4 Å². The van der Waals surface area contributed by atoms with Gasteiger partial charge in [-0.15, -0.1) is 0 Å². The highest BCUT2D eigenvalue weighted by Crippen LogP contribution is 2.24. The van der Waals surface area contributed by atoms with E-state index in [0.717, 1.165) is 17.7 Å². The Morgan fingerprint density at radius 3 is 2.48 bits per heavy atom. The van der Waals surface area contributed by atoms with E-state index in [-0.39, 0.29) is 11.7 Å². The fraction of sp³-hybridized carbons (Fsp3) is 0.381. The number of carbonyl (C=O) groups excluding carboxylic acids is 1. The number of benzene rings is 2. The van der Waals surface area contributed by atoms with Gasteiger partial charge in [-0.3, -0.25) is 4.79 Å². The molecule has 2 aliphatic rings. The molecule has 2 aromatic carbocycles. The van der Waals surface area contributed by atoms with Crippen molar-refractivity contribution >= 4 is 5.91 Å². The number of amides is 1. The van der Waals surface area contributed by atoms with Crippen LogP contribution in [0.5, 0.6) is 5.75 Å². The molecule has 0 unspecified atom stereocenters. The second kappa shape index (κ2) is 7.68. The van der Waals surface area contributed by atoms with Crippen LogP contribution in [0.3, 0.4) is 0 Å². The third-order valence-electron chi connectivity index (χ3n) is 5.10. The number of hydrogen-bond donors (Lipinski definition) is 2. The van der Waals surface area contributed by atoms with Gasteiger partial charge in [-0.25, -0.2) is 0 Å². The van der Waals surface area contributed by atoms with Crippen LogP contribution in [0.1, 0.15) is 10.4 Å². The van der Waals surface area contributed by atoms with E-state index < -0.39 is 5.60 Å². The van der Waals surface area contributed by atoms with E-state index in [0.29, 0.717) is 45.0 Å². The molecule has 0 saturated carbocycles. The number of ether oxygens (including phenoxy) is 2. The Bertz CT molecular complexity index is 781. The Balaban J connectivity index is 1.48. The van der Waals surface area contributed by atoms with Crippen LogP contribution in [0.2, 0.25) is 0 Å². The largest absolute Gasteiger partial charge is 0.508 e. The topological polar surface area (TPSA) is 71.0 Å². The van der Waals surface area contributed by atoms with Crippen molar-refractivity contribution in [3.63, 3.8) is 0 Å². The summed E-state index contributed by atoms with van der Waals surface area (Å²) in [5, 5.41) is 12.7. The first kappa shape index (κ1) is 18.0. The Morgan fingerprint density at radius 2 is 1.74 bits per heavy atom. The normalized spacial score (nSPS) is 23.2. The predicted octanol–water partition coefficient (Wildman–Crippen LogP) is 1.89. The number of phenolic OH excluding ortho intramolecular Hbond substituents is 1. The zero-order chi connectivity index (χ0) is 18.7. The lowest BCUT2D eigenvalue weighted by Crippen LogP contribution is -2.59. The van der Waals surface area contributed by atoms with Crippen LogP contribution in [-0.4, -0.2) is 67.5 Å². The molecular weight excluding hydrogens is 344 g/mol. The molecule has 4 rings (SSSR count). The highest BCUT2D eigenvalue weighted by molar-refractivity contribution is 5.94. The molecule has 0 aromatic heterocycles. The van der Waals surface area contributed by atoms with Crippen LogP contribution in [0.15, 0.2) is 48.5 Å². The maximum atomic E-state index is 13.0. The molecule has 1 amide bonds. The molecule has 1 spiro atoms. The summed E-state index contributed by atoms with van der Waals surface area (Å²) in [4.78, 5) is 14.8. The summed E-state index contributed by atoms with van der Waals surface area (Å²) in [7, 11) is 0. The van der Waals surface area contributed by atoms with E-state index in [1.165, 1.54) is 0 Å². The van der Waals surface area contributed by atoms with Gasteiger partial charge in [-0.05, 0) is 35.4 Å². The van der Waals surface area contributed by atoms with Crippen LogP contribution in [-0.2, 0) is 9.47 Å². The van der Waals surface area contributed by atoms with Gasteiger partial charge in [0.1, 0.15) is 11.4 Å². The number of hydrogen-bond acceptors (Lipinski definition) is 5. The van der Waals surface area contributed by atoms with Crippen molar-refractivity contribution in [1.82, 2.24) is 10.2 Å². The molecule has 27 heavy (non-hydrogen) atoms. The molecule has 0 bridgehead atoms. The molecule has 0 radical (unpaired) electrons. The van der Waals surface area contributed by atoms with Crippen LogP contribution in [0.4, 0.5) is 0 Å². The quantitative estimate of drug-likeness (QED) is 0.847. The molecule has 0 aliphatic carbocycles. The van der Waals surface area contributed by atoms with Crippen molar-refractivity contribution in [2.24, 2.45) is 0 Å². The predicted molar refractivity (Wildman–Crippen MR) is 102 cm³/mol. The molecule has 2 aromatic rings. The summed E-state index contributed by atoms with van der Waals surface area (Å²) in [6.07, 6.45) is 0. The maximum Gasteiger partial charge on any atom is 0.254 e. The van der Waals surface area contributed by atoms with Crippen LogP contribution in [0.25, 0.3) is 11.1 Å². The van der Waals surface area contributed by atoms with E-state index in [1.807, 2.05) is 41.3 Å². The highest BCUT2D eigenvalue weighted by Gasteiger charge is 2.39. The fourth-order valence-corrected chi connectivity index (χ4v) is 3.62. The van der Waals surface area contributed by atoms with Gasteiger partial charge in [0.25, 0.3) is 5.91 Å². The number of carbonyl (C=O) groups is 1. The monoisotopic (exact) mass is 368 g/mol. The van der Waals surface area contributed by atoms with E-state index in [9.17, 15) is 9.90 Å². The Hall–Kier alpha value is -2.41. The molecule has 142 valence electrons.